The molecule has 1 amide bonds. The second-order valence-electron chi connectivity index (χ2n) is 4.76. The molecule has 126 valence electrons. The quantitative estimate of drug-likeness (QED) is 0.621. The topological polar surface area (TPSA) is 59.6 Å². The standard InChI is InChI=1S/C17H17FN2O3S/c1-22-9-10-23-15-8-3-2-7-14(15)16(21)20-17(24)19-13-6-4-5-12(18)11-13/h2-8,11H,9-10H2,1H3,(H2,19,20,21,24). The zero-order valence-electron chi connectivity index (χ0n) is 13.0. The van der Waals surface area contributed by atoms with E-state index in [-0.39, 0.29) is 5.11 Å². The third-order valence-corrected chi connectivity index (χ3v) is 3.19. The average Bonchev–Trinajstić information content (AvgIpc) is 2.55. The van der Waals surface area contributed by atoms with E-state index in [9.17, 15) is 9.18 Å². The predicted octanol–water partition coefficient (Wildman–Crippen LogP) is 2.98. The van der Waals surface area contributed by atoms with Crippen LogP contribution >= 0.6 is 12.2 Å². The highest BCUT2D eigenvalue weighted by atomic mass is 32.1. The van der Waals surface area contributed by atoms with Crippen molar-refractivity contribution >= 4 is 28.9 Å². The fourth-order valence-corrected chi connectivity index (χ4v) is 2.12. The first-order chi connectivity index (χ1) is 11.6. The van der Waals surface area contributed by atoms with Gasteiger partial charge in [-0.25, -0.2) is 4.39 Å². The molecule has 2 rings (SSSR count). The van der Waals surface area contributed by atoms with Crippen LogP contribution in [0, 0.1) is 5.82 Å². The summed E-state index contributed by atoms with van der Waals surface area (Å²) in [5.74, 6) is -0.386. The lowest BCUT2D eigenvalue weighted by molar-refractivity contribution is 0.0970. The zero-order valence-corrected chi connectivity index (χ0v) is 13.9. The van der Waals surface area contributed by atoms with E-state index in [1.165, 1.54) is 12.1 Å². The fraction of sp³-hybridized carbons (Fsp3) is 0.176. The van der Waals surface area contributed by atoms with Crippen molar-refractivity contribution in [2.24, 2.45) is 0 Å². The number of benzene rings is 2. The number of anilines is 1. The number of thiocarbonyl (C=S) groups is 1. The molecule has 24 heavy (non-hydrogen) atoms. The normalized spacial score (nSPS) is 10.1. The van der Waals surface area contributed by atoms with Crippen molar-refractivity contribution in [3.8, 4) is 5.75 Å². The molecule has 0 spiro atoms. The number of carbonyl (C=O) groups excluding carboxylic acids is 1. The molecule has 0 saturated carbocycles. The van der Waals surface area contributed by atoms with Gasteiger partial charge in [0, 0.05) is 12.8 Å². The maximum Gasteiger partial charge on any atom is 0.261 e. The first-order valence-electron chi connectivity index (χ1n) is 7.19. The monoisotopic (exact) mass is 348 g/mol. The molecule has 7 heteroatoms. The Bertz CT molecular complexity index is 724. The van der Waals surface area contributed by atoms with Crippen LogP contribution in [-0.4, -0.2) is 31.3 Å². The van der Waals surface area contributed by atoms with Crippen molar-refractivity contribution in [2.45, 2.75) is 0 Å². The molecule has 0 unspecified atom stereocenters. The second-order valence-corrected chi connectivity index (χ2v) is 5.16. The van der Waals surface area contributed by atoms with Gasteiger partial charge in [-0.05, 0) is 42.5 Å². The van der Waals surface area contributed by atoms with Crippen LogP contribution < -0.4 is 15.4 Å². The molecule has 0 aromatic heterocycles. The molecule has 0 radical (unpaired) electrons. The second kappa shape index (κ2) is 8.95. The number of ether oxygens (including phenoxy) is 2. The van der Waals surface area contributed by atoms with Crippen molar-refractivity contribution in [2.75, 3.05) is 25.6 Å². The largest absolute Gasteiger partial charge is 0.490 e. The fourth-order valence-electron chi connectivity index (χ4n) is 1.91. The lowest BCUT2D eigenvalue weighted by Gasteiger charge is -2.13. The number of amides is 1. The van der Waals surface area contributed by atoms with E-state index < -0.39 is 11.7 Å². The molecule has 2 N–H and O–H groups in total. The number of para-hydroxylation sites is 1. The highest BCUT2D eigenvalue weighted by Crippen LogP contribution is 2.18. The molecule has 0 bridgehead atoms. The third kappa shape index (κ3) is 5.29. The SMILES string of the molecule is COCCOc1ccccc1C(=O)NC(=S)Nc1cccc(F)c1. The Morgan fingerprint density at radius 1 is 1.17 bits per heavy atom. The molecule has 0 aliphatic carbocycles. The molecule has 0 fully saturated rings. The Hall–Kier alpha value is -2.51. The van der Waals surface area contributed by atoms with Gasteiger partial charge < -0.3 is 14.8 Å². The van der Waals surface area contributed by atoms with E-state index in [0.29, 0.717) is 30.2 Å². The Morgan fingerprint density at radius 2 is 1.96 bits per heavy atom. The van der Waals surface area contributed by atoms with Gasteiger partial charge in [-0.1, -0.05) is 18.2 Å². The van der Waals surface area contributed by atoms with E-state index in [1.54, 1.807) is 43.5 Å². The van der Waals surface area contributed by atoms with Crippen LogP contribution in [0.3, 0.4) is 0 Å². The molecule has 2 aromatic rings. The minimum Gasteiger partial charge on any atom is -0.490 e. The van der Waals surface area contributed by atoms with Gasteiger partial charge in [0.15, 0.2) is 5.11 Å². The first-order valence-corrected chi connectivity index (χ1v) is 7.59. The molecule has 0 aliphatic heterocycles. The van der Waals surface area contributed by atoms with Crippen LogP contribution in [0.1, 0.15) is 10.4 Å². The van der Waals surface area contributed by atoms with Crippen LogP contribution in [0.15, 0.2) is 48.5 Å². The van der Waals surface area contributed by atoms with Gasteiger partial charge in [0.1, 0.15) is 18.2 Å². The summed E-state index contributed by atoms with van der Waals surface area (Å²) < 4.78 is 23.6. The number of halogens is 1. The van der Waals surface area contributed by atoms with Crippen molar-refractivity contribution in [3.63, 3.8) is 0 Å². The Balaban J connectivity index is 2.00. The molecule has 5 nitrogen and oxygen atoms in total. The van der Waals surface area contributed by atoms with Crippen LogP contribution in [0.5, 0.6) is 5.75 Å². The van der Waals surface area contributed by atoms with Crippen molar-refractivity contribution in [3.05, 3.63) is 59.9 Å². The van der Waals surface area contributed by atoms with Gasteiger partial charge >= 0.3 is 0 Å². The van der Waals surface area contributed by atoms with Crippen LogP contribution in [0.4, 0.5) is 10.1 Å². The molecular weight excluding hydrogens is 331 g/mol. The van der Waals surface area contributed by atoms with Gasteiger partial charge in [0.2, 0.25) is 0 Å². The van der Waals surface area contributed by atoms with E-state index in [1.807, 2.05) is 0 Å². The predicted molar refractivity (Wildman–Crippen MR) is 93.9 cm³/mol. The molecule has 0 saturated heterocycles. The molecule has 0 aliphatic rings. The van der Waals surface area contributed by atoms with Gasteiger partial charge in [-0.15, -0.1) is 0 Å². The summed E-state index contributed by atoms with van der Waals surface area (Å²) in [6.45, 7) is 0.738. The highest BCUT2D eigenvalue weighted by Gasteiger charge is 2.13. The Kier molecular flexibility index (Phi) is 6.65. The summed E-state index contributed by atoms with van der Waals surface area (Å²) in [5, 5.41) is 5.36. The lowest BCUT2D eigenvalue weighted by atomic mass is 10.2. The zero-order chi connectivity index (χ0) is 17.4. The summed E-state index contributed by atoms with van der Waals surface area (Å²) in [6.07, 6.45) is 0. The highest BCUT2D eigenvalue weighted by molar-refractivity contribution is 7.80. The summed E-state index contributed by atoms with van der Waals surface area (Å²) in [7, 11) is 1.57. The van der Waals surface area contributed by atoms with Crippen LogP contribution in [0.25, 0.3) is 0 Å². The summed E-state index contributed by atoms with van der Waals surface area (Å²) >= 11 is 5.08. The van der Waals surface area contributed by atoms with Crippen LogP contribution in [-0.2, 0) is 4.74 Å². The van der Waals surface area contributed by atoms with Crippen molar-refractivity contribution < 1.29 is 18.7 Å². The summed E-state index contributed by atoms with van der Waals surface area (Å²) in [5.41, 5.74) is 0.793. The van der Waals surface area contributed by atoms with Crippen molar-refractivity contribution in [1.29, 1.82) is 0 Å². The number of hydrogen-bond acceptors (Lipinski definition) is 4. The first kappa shape index (κ1) is 17.8. The molecule has 0 atom stereocenters. The lowest BCUT2D eigenvalue weighted by Crippen LogP contribution is -2.34. The smallest absolute Gasteiger partial charge is 0.261 e. The summed E-state index contributed by atoms with van der Waals surface area (Å²) in [6, 6.07) is 12.6. The number of rotatable bonds is 6. The Labute approximate surface area is 144 Å². The minimum atomic E-state index is -0.420. The van der Waals surface area contributed by atoms with Gasteiger partial charge in [-0.3, -0.25) is 10.1 Å². The number of carbonyl (C=O) groups is 1. The molecule has 0 heterocycles. The van der Waals surface area contributed by atoms with Gasteiger partial charge in [-0.2, -0.15) is 0 Å². The average molecular weight is 348 g/mol. The Morgan fingerprint density at radius 3 is 2.71 bits per heavy atom. The van der Waals surface area contributed by atoms with E-state index in [2.05, 4.69) is 10.6 Å². The minimum absolute atomic E-state index is 0.0669. The van der Waals surface area contributed by atoms with E-state index >= 15 is 0 Å². The summed E-state index contributed by atoms with van der Waals surface area (Å²) in [4.78, 5) is 12.3. The van der Waals surface area contributed by atoms with Gasteiger partial charge in [0.05, 0.1) is 12.2 Å². The van der Waals surface area contributed by atoms with Crippen molar-refractivity contribution in [1.82, 2.24) is 5.32 Å². The maximum absolute atomic E-state index is 13.1. The number of hydrogen-bond donors (Lipinski definition) is 2. The molecule has 2 aromatic carbocycles. The molecular formula is C17H17FN2O3S. The number of methoxy groups -OCH3 is 1. The van der Waals surface area contributed by atoms with Crippen LogP contribution in [0.2, 0.25) is 0 Å². The number of nitrogens with one attached hydrogen (secondary N) is 2. The van der Waals surface area contributed by atoms with Gasteiger partial charge in [0.25, 0.3) is 5.91 Å². The van der Waals surface area contributed by atoms with E-state index in [4.69, 9.17) is 21.7 Å². The van der Waals surface area contributed by atoms with E-state index in [0.717, 1.165) is 0 Å². The maximum atomic E-state index is 13.1. The third-order valence-electron chi connectivity index (χ3n) is 2.99.